The van der Waals surface area contributed by atoms with Gasteiger partial charge in [-0.15, -0.1) is 0 Å². The molecule has 0 atom stereocenters. The second-order valence-electron chi connectivity index (χ2n) is 6.49. The third-order valence-electron chi connectivity index (χ3n) is 4.26. The zero-order valence-electron chi connectivity index (χ0n) is 16.2. The first kappa shape index (κ1) is 21.6. The zero-order chi connectivity index (χ0) is 20.7. The van der Waals surface area contributed by atoms with Crippen molar-refractivity contribution in [2.75, 3.05) is 14.1 Å². The number of sulfonamides is 1. The first-order valence-corrected chi connectivity index (χ1v) is 10.4. The molecule has 0 fully saturated rings. The minimum absolute atomic E-state index is 0.00648. The summed E-state index contributed by atoms with van der Waals surface area (Å²) in [5.41, 5.74) is 7.09. The number of aryl methyl sites for hydroxylation is 2. The van der Waals surface area contributed by atoms with Gasteiger partial charge in [-0.2, -0.15) is 0 Å². The van der Waals surface area contributed by atoms with Gasteiger partial charge in [-0.05, 0) is 42.2 Å². The van der Waals surface area contributed by atoms with E-state index in [1.165, 1.54) is 43.9 Å². The minimum atomic E-state index is -3.64. The van der Waals surface area contributed by atoms with E-state index in [4.69, 9.17) is 0 Å². The molecule has 0 aliphatic rings. The van der Waals surface area contributed by atoms with Crippen molar-refractivity contribution < 1.29 is 18.0 Å². The lowest BCUT2D eigenvalue weighted by atomic mass is 10.1. The van der Waals surface area contributed by atoms with E-state index in [2.05, 4.69) is 17.8 Å². The monoisotopic (exact) mass is 403 g/mol. The first-order valence-electron chi connectivity index (χ1n) is 8.93. The van der Waals surface area contributed by atoms with Crippen LogP contribution in [-0.4, -0.2) is 38.6 Å². The highest BCUT2D eigenvalue weighted by Gasteiger charge is 2.18. The number of carbonyl (C=O) groups excluding carboxylic acids is 2. The summed E-state index contributed by atoms with van der Waals surface area (Å²) in [6.45, 7) is 2.08. The molecule has 2 aromatic rings. The van der Waals surface area contributed by atoms with E-state index in [9.17, 15) is 18.0 Å². The standard InChI is InChI=1S/C20H25N3O4S/c1-4-15-8-10-16(11-9-15)12-13-19(24)21-22-20(25)17-6-5-7-18(14-17)28(26,27)23(2)3/h5-11,14H,4,12-13H2,1-3H3,(H,21,24)(H,22,25). The largest absolute Gasteiger partial charge is 0.273 e. The van der Waals surface area contributed by atoms with Gasteiger partial charge in [0.1, 0.15) is 0 Å². The number of hydrogen-bond acceptors (Lipinski definition) is 4. The molecule has 0 saturated carbocycles. The summed E-state index contributed by atoms with van der Waals surface area (Å²) in [6, 6.07) is 13.7. The van der Waals surface area contributed by atoms with E-state index < -0.39 is 15.9 Å². The van der Waals surface area contributed by atoms with Crippen molar-refractivity contribution in [3.05, 3.63) is 65.2 Å². The maximum absolute atomic E-state index is 12.2. The number of nitrogens with one attached hydrogen (secondary N) is 2. The van der Waals surface area contributed by atoms with E-state index in [0.717, 1.165) is 16.3 Å². The Labute approximate surface area is 165 Å². The maximum atomic E-state index is 12.2. The first-order chi connectivity index (χ1) is 13.2. The average Bonchev–Trinajstić information content (AvgIpc) is 2.70. The Balaban J connectivity index is 1.90. The molecular formula is C20H25N3O4S. The van der Waals surface area contributed by atoms with Crippen LogP contribution in [0.25, 0.3) is 0 Å². The van der Waals surface area contributed by atoms with Crippen molar-refractivity contribution in [1.82, 2.24) is 15.2 Å². The van der Waals surface area contributed by atoms with Gasteiger partial charge in [-0.3, -0.25) is 20.4 Å². The lowest BCUT2D eigenvalue weighted by molar-refractivity contribution is -0.121. The van der Waals surface area contributed by atoms with E-state index in [1.807, 2.05) is 24.3 Å². The normalized spacial score (nSPS) is 11.3. The molecule has 2 amide bonds. The lowest BCUT2D eigenvalue weighted by Gasteiger charge is -2.12. The van der Waals surface area contributed by atoms with Crippen LogP contribution in [0.3, 0.4) is 0 Å². The third-order valence-corrected chi connectivity index (χ3v) is 6.07. The van der Waals surface area contributed by atoms with Crippen LogP contribution in [0.15, 0.2) is 53.4 Å². The van der Waals surface area contributed by atoms with Gasteiger partial charge >= 0.3 is 0 Å². The van der Waals surface area contributed by atoms with Gasteiger partial charge in [0.05, 0.1) is 4.90 Å². The molecule has 0 aliphatic heterocycles. The van der Waals surface area contributed by atoms with Gasteiger partial charge in [0.25, 0.3) is 5.91 Å². The second kappa shape index (κ2) is 9.48. The number of amides is 2. The van der Waals surface area contributed by atoms with Crippen molar-refractivity contribution in [2.24, 2.45) is 0 Å². The zero-order valence-corrected chi connectivity index (χ0v) is 17.0. The Hall–Kier alpha value is -2.71. The molecule has 0 aromatic heterocycles. The SMILES string of the molecule is CCc1ccc(CCC(=O)NNC(=O)c2cccc(S(=O)(=O)N(C)C)c2)cc1. The number of nitrogens with zero attached hydrogens (tertiary/aromatic N) is 1. The Morgan fingerprint density at radius 3 is 2.21 bits per heavy atom. The summed E-state index contributed by atoms with van der Waals surface area (Å²) in [7, 11) is -0.813. The molecule has 28 heavy (non-hydrogen) atoms. The summed E-state index contributed by atoms with van der Waals surface area (Å²) < 4.78 is 25.4. The Morgan fingerprint density at radius 1 is 0.964 bits per heavy atom. The topological polar surface area (TPSA) is 95.6 Å². The molecule has 0 bridgehead atoms. The number of carbonyl (C=O) groups is 2. The molecule has 150 valence electrons. The highest BCUT2D eigenvalue weighted by molar-refractivity contribution is 7.89. The second-order valence-corrected chi connectivity index (χ2v) is 8.64. The van der Waals surface area contributed by atoms with E-state index in [1.54, 1.807) is 0 Å². The van der Waals surface area contributed by atoms with Crippen LogP contribution < -0.4 is 10.9 Å². The van der Waals surface area contributed by atoms with E-state index >= 15 is 0 Å². The van der Waals surface area contributed by atoms with Gasteiger partial charge in [-0.25, -0.2) is 12.7 Å². The van der Waals surface area contributed by atoms with Crippen LogP contribution in [0.2, 0.25) is 0 Å². The van der Waals surface area contributed by atoms with Gasteiger partial charge < -0.3 is 0 Å². The maximum Gasteiger partial charge on any atom is 0.269 e. The molecule has 0 aliphatic carbocycles. The molecule has 0 radical (unpaired) electrons. The molecule has 0 heterocycles. The smallest absolute Gasteiger partial charge is 0.269 e. The third kappa shape index (κ3) is 5.64. The predicted molar refractivity (Wildman–Crippen MR) is 107 cm³/mol. The molecule has 7 nitrogen and oxygen atoms in total. The lowest BCUT2D eigenvalue weighted by Crippen LogP contribution is -2.41. The van der Waals surface area contributed by atoms with Gasteiger partial charge in [0.15, 0.2) is 0 Å². The van der Waals surface area contributed by atoms with Crippen LogP contribution in [0, 0.1) is 0 Å². The Bertz CT molecular complexity index is 938. The molecule has 0 saturated heterocycles. The van der Waals surface area contributed by atoms with Crippen LogP contribution >= 0.6 is 0 Å². The summed E-state index contributed by atoms with van der Waals surface area (Å²) in [5, 5.41) is 0. The average molecular weight is 404 g/mol. The Kier molecular flexibility index (Phi) is 7.31. The predicted octanol–water partition coefficient (Wildman–Crippen LogP) is 1.89. The van der Waals surface area contributed by atoms with Crippen LogP contribution in [0.5, 0.6) is 0 Å². The summed E-state index contributed by atoms with van der Waals surface area (Å²) in [5.74, 6) is -0.915. The fourth-order valence-corrected chi connectivity index (χ4v) is 3.42. The summed E-state index contributed by atoms with van der Waals surface area (Å²) >= 11 is 0. The Morgan fingerprint density at radius 2 is 1.61 bits per heavy atom. The van der Waals surface area contributed by atoms with Gasteiger partial charge in [0.2, 0.25) is 15.9 Å². The van der Waals surface area contributed by atoms with Crippen molar-refractivity contribution in [3.8, 4) is 0 Å². The molecule has 2 rings (SSSR count). The molecule has 0 spiro atoms. The molecule has 8 heteroatoms. The molecular weight excluding hydrogens is 378 g/mol. The summed E-state index contributed by atoms with van der Waals surface area (Å²) in [6.07, 6.45) is 1.74. The van der Waals surface area contributed by atoms with Crippen molar-refractivity contribution in [2.45, 2.75) is 31.1 Å². The quantitative estimate of drug-likeness (QED) is 0.690. The number of benzene rings is 2. The van der Waals surface area contributed by atoms with Gasteiger partial charge in [-0.1, -0.05) is 37.3 Å². The highest BCUT2D eigenvalue weighted by atomic mass is 32.2. The van der Waals surface area contributed by atoms with Crippen LogP contribution in [0.1, 0.15) is 34.8 Å². The fraction of sp³-hybridized carbons (Fsp3) is 0.300. The molecule has 2 aromatic carbocycles. The number of hydrazine groups is 1. The van der Waals surface area contributed by atoms with Gasteiger partial charge in [0, 0.05) is 26.1 Å². The fourth-order valence-electron chi connectivity index (χ4n) is 2.47. The van der Waals surface area contributed by atoms with Crippen molar-refractivity contribution in [3.63, 3.8) is 0 Å². The highest BCUT2D eigenvalue weighted by Crippen LogP contribution is 2.14. The van der Waals surface area contributed by atoms with Crippen molar-refractivity contribution >= 4 is 21.8 Å². The summed E-state index contributed by atoms with van der Waals surface area (Å²) in [4.78, 5) is 24.2. The van der Waals surface area contributed by atoms with E-state index in [-0.39, 0.29) is 22.8 Å². The minimum Gasteiger partial charge on any atom is -0.273 e. The van der Waals surface area contributed by atoms with Crippen molar-refractivity contribution in [1.29, 1.82) is 0 Å². The molecule has 0 unspecified atom stereocenters. The number of rotatable bonds is 7. The van der Waals surface area contributed by atoms with Crippen LogP contribution in [0.4, 0.5) is 0 Å². The number of hydrogen-bond donors (Lipinski definition) is 2. The molecule has 2 N–H and O–H groups in total. The van der Waals surface area contributed by atoms with E-state index in [0.29, 0.717) is 6.42 Å². The van der Waals surface area contributed by atoms with Crippen LogP contribution in [-0.2, 0) is 27.7 Å².